The van der Waals surface area contributed by atoms with Gasteiger partial charge in [0.2, 0.25) is 5.91 Å². The van der Waals surface area contributed by atoms with Crippen LogP contribution in [0.15, 0.2) is 79.0 Å². The number of ether oxygens (including phenoxy) is 1. The van der Waals surface area contributed by atoms with Crippen LogP contribution in [0.3, 0.4) is 0 Å². The number of nitrogens with one attached hydrogen (secondary N) is 1. The van der Waals surface area contributed by atoms with E-state index in [2.05, 4.69) is 78.5 Å². The van der Waals surface area contributed by atoms with Gasteiger partial charge in [-0.05, 0) is 55.5 Å². The zero-order valence-corrected chi connectivity index (χ0v) is 21.7. The highest BCUT2D eigenvalue weighted by Crippen LogP contribution is 2.38. The van der Waals surface area contributed by atoms with Crippen LogP contribution in [0.2, 0.25) is 5.02 Å². The Morgan fingerprint density at radius 3 is 2.56 bits per heavy atom. The summed E-state index contributed by atoms with van der Waals surface area (Å²) in [5.41, 5.74) is 5.44. The normalized spacial score (nSPS) is 18.4. The molecular formula is C31H33ClN2O2. The molecular weight excluding hydrogens is 468 g/mol. The third-order valence-corrected chi connectivity index (χ3v) is 7.64. The second kappa shape index (κ2) is 10.5. The molecule has 0 radical (unpaired) electrons. The molecule has 1 aliphatic rings. The van der Waals surface area contributed by atoms with Crippen LogP contribution < -0.4 is 5.32 Å². The smallest absolute Gasteiger partial charge is 0.221 e. The lowest BCUT2D eigenvalue weighted by molar-refractivity contribution is -0.122. The molecule has 0 bridgehead atoms. The predicted molar refractivity (Wildman–Crippen MR) is 147 cm³/mol. The van der Waals surface area contributed by atoms with Gasteiger partial charge in [-0.15, -0.1) is 0 Å². The van der Waals surface area contributed by atoms with E-state index in [1.165, 1.54) is 11.1 Å². The number of aryl methyl sites for hydroxylation is 1. The van der Waals surface area contributed by atoms with Gasteiger partial charge < -0.3 is 14.6 Å². The third kappa shape index (κ3) is 5.35. The summed E-state index contributed by atoms with van der Waals surface area (Å²) in [7, 11) is 0. The van der Waals surface area contributed by atoms with Gasteiger partial charge in [0, 0.05) is 54.2 Å². The van der Waals surface area contributed by atoms with E-state index < -0.39 is 0 Å². The van der Waals surface area contributed by atoms with Gasteiger partial charge in [-0.25, -0.2) is 0 Å². The first-order valence-corrected chi connectivity index (χ1v) is 13.1. The summed E-state index contributed by atoms with van der Waals surface area (Å²) in [5, 5.41) is 4.96. The van der Waals surface area contributed by atoms with Crippen molar-refractivity contribution in [2.75, 3.05) is 13.2 Å². The van der Waals surface area contributed by atoms with Crippen LogP contribution in [-0.4, -0.2) is 29.2 Å². The van der Waals surface area contributed by atoms with Crippen LogP contribution in [0.4, 0.5) is 0 Å². The quantitative estimate of drug-likeness (QED) is 0.287. The number of carbonyl (C=O) groups excluding carboxylic acids is 1. The van der Waals surface area contributed by atoms with E-state index in [1.54, 1.807) is 0 Å². The van der Waals surface area contributed by atoms with Gasteiger partial charge >= 0.3 is 0 Å². The lowest BCUT2D eigenvalue weighted by Crippen LogP contribution is -2.40. The van der Waals surface area contributed by atoms with Gasteiger partial charge in [-0.2, -0.15) is 0 Å². The molecule has 3 aromatic carbocycles. The minimum absolute atomic E-state index is 0.00649. The van der Waals surface area contributed by atoms with Crippen molar-refractivity contribution in [3.05, 3.63) is 106 Å². The Balaban J connectivity index is 1.49. The van der Waals surface area contributed by atoms with E-state index in [-0.39, 0.29) is 17.4 Å². The minimum atomic E-state index is -0.278. The molecule has 5 heteroatoms. The molecule has 0 saturated carbocycles. The third-order valence-electron chi connectivity index (χ3n) is 7.30. The number of hydrogen-bond acceptors (Lipinski definition) is 2. The number of fused-ring (bicyclic) bond motifs is 1. The topological polar surface area (TPSA) is 43.3 Å². The molecule has 2 heterocycles. The number of aromatic nitrogens is 1. The van der Waals surface area contributed by atoms with Gasteiger partial charge in [-0.1, -0.05) is 77.8 Å². The molecule has 1 N–H and O–H groups in total. The molecule has 4 aromatic rings. The average molecular weight is 501 g/mol. The fourth-order valence-electron chi connectivity index (χ4n) is 5.24. The van der Waals surface area contributed by atoms with E-state index >= 15 is 0 Å². The molecule has 4 nitrogen and oxygen atoms in total. The maximum absolute atomic E-state index is 13.3. The van der Waals surface area contributed by atoms with Crippen molar-refractivity contribution < 1.29 is 9.53 Å². The summed E-state index contributed by atoms with van der Waals surface area (Å²) >= 11 is 6.70. The number of nitrogens with zero attached hydrogens (tertiary/aromatic N) is 1. The van der Waals surface area contributed by atoms with E-state index in [1.807, 2.05) is 24.3 Å². The summed E-state index contributed by atoms with van der Waals surface area (Å²) in [6.07, 6.45) is 4.52. The fourth-order valence-corrected chi connectivity index (χ4v) is 5.51. The summed E-state index contributed by atoms with van der Waals surface area (Å²) < 4.78 is 8.15. The first-order valence-electron chi connectivity index (χ1n) is 12.7. The lowest BCUT2D eigenvalue weighted by Gasteiger charge is -2.24. The highest BCUT2D eigenvalue weighted by atomic mass is 35.5. The van der Waals surface area contributed by atoms with Crippen molar-refractivity contribution in [1.29, 1.82) is 0 Å². The lowest BCUT2D eigenvalue weighted by atomic mass is 9.88. The Morgan fingerprint density at radius 2 is 1.81 bits per heavy atom. The van der Waals surface area contributed by atoms with E-state index in [0.717, 1.165) is 48.0 Å². The second-order valence-corrected chi connectivity index (χ2v) is 10.6. The van der Waals surface area contributed by atoms with Gasteiger partial charge in [-0.3, -0.25) is 4.79 Å². The number of benzene rings is 3. The van der Waals surface area contributed by atoms with Crippen molar-refractivity contribution >= 4 is 28.4 Å². The maximum Gasteiger partial charge on any atom is 0.221 e. The maximum atomic E-state index is 13.3. The van der Waals surface area contributed by atoms with Crippen molar-refractivity contribution in [2.45, 2.75) is 51.2 Å². The number of rotatable bonds is 8. The van der Waals surface area contributed by atoms with Crippen LogP contribution in [0.5, 0.6) is 0 Å². The highest BCUT2D eigenvalue weighted by molar-refractivity contribution is 6.31. The zero-order chi connectivity index (χ0) is 25.1. The first kappa shape index (κ1) is 24.6. The average Bonchev–Trinajstić information content (AvgIpc) is 3.48. The molecule has 0 unspecified atom stereocenters. The molecule has 1 aliphatic heterocycles. The summed E-state index contributed by atoms with van der Waals surface area (Å²) in [6, 6.07) is 24.9. The standard InChI is InChI=1S/C31H33ClN2O2/c1-22-12-14-23(15-13-22)19-34-20-27(25-9-4-6-11-29(25)34)26(24-8-3-5-10-28(24)32)18-30(35)33-21-31(2)16-7-17-36-31/h3-6,8-15,20,26H,7,16-19,21H2,1-2H3,(H,33,35)/t26-,31-/m1/s1. The van der Waals surface area contributed by atoms with Crippen molar-refractivity contribution in [3.8, 4) is 0 Å². The molecule has 186 valence electrons. The fraction of sp³-hybridized carbons (Fsp3) is 0.323. The Morgan fingerprint density at radius 1 is 1.06 bits per heavy atom. The number of hydrogen-bond donors (Lipinski definition) is 1. The molecule has 1 aromatic heterocycles. The van der Waals surface area contributed by atoms with Gasteiger partial charge in [0.25, 0.3) is 0 Å². The minimum Gasteiger partial charge on any atom is -0.373 e. The molecule has 2 atom stereocenters. The zero-order valence-electron chi connectivity index (χ0n) is 21.0. The summed E-state index contributed by atoms with van der Waals surface area (Å²) in [4.78, 5) is 13.3. The number of amides is 1. The molecule has 1 saturated heterocycles. The molecule has 1 amide bonds. The highest BCUT2D eigenvalue weighted by Gasteiger charge is 2.31. The Labute approximate surface area is 218 Å². The molecule has 0 aliphatic carbocycles. The number of carbonyl (C=O) groups is 1. The number of halogens is 1. The molecule has 0 spiro atoms. The first-order chi connectivity index (χ1) is 17.4. The summed E-state index contributed by atoms with van der Waals surface area (Å²) in [5.74, 6) is -0.160. The molecule has 36 heavy (non-hydrogen) atoms. The van der Waals surface area contributed by atoms with Crippen LogP contribution in [-0.2, 0) is 16.1 Å². The van der Waals surface area contributed by atoms with E-state index in [0.29, 0.717) is 18.0 Å². The second-order valence-electron chi connectivity index (χ2n) is 10.2. The predicted octanol–water partition coefficient (Wildman–Crippen LogP) is 6.86. The van der Waals surface area contributed by atoms with Crippen molar-refractivity contribution in [3.63, 3.8) is 0 Å². The van der Waals surface area contributed by atoms with Gasteiger partial charge in [0.05, 0.1) is 5.60 Å². The SMILES string of the molecule is Cc1ccc(Cn2cc([C@H](CC(=O)NC[C@@]3(C)CCCO3)c3ccccc3Cl)c3ccccc32)cc1. The summed E-state index contributed by atoms with van der Waals surface area (Å²) in [6.45, 7) is 6.22. The van der Waals surface area contributed by atoms with Gasteiger partial charge in [0.15, 0.2) is 0 Å². The monoisotopic (exact) mass is 500 g/mol. The Kier molecular flexibility index (Phi) is 7.17. The van der Waals surface area contributed by atoms with Crippen LogP contribution in [0, 0.1) is 6.92 Å². The van der Waals surface area contributed by atoms with Crippen LogP contribution in [0.1, 0.15) is 54.4 Å². The van der Waals surface area contributed by atoms with E-state index in [9.17, 15) is 4.79 Å². The molecule has 5 rings (SSSR count). The largest absolute Gasteiger partial charge is 0.373 e. The Hall–Kier alpha value is -3.08. The van der Waals surface area contributed by atoms with Gasteiger partial charge in [0.1, 0.15) is 0 Å². The van der Waals surface area contributed by atoms with Crippen LogP contribution in [0.25, 0.3) is 10.9 Å². The Bertz CT molecular complexity index is 1350. The van der Waals surface area contributed by atoms with Crippen LogP contribution >= 0.6 is 11.6 Å². The number of para-hydroxylation sites is 1. The van der Waals surface area contributed by atoms with Crippen molar-refractivity contribution in [2.24, 2.45) is 0 Å². The van der Waals surface area contributed by atoms with E-state index in [4.69, 9.17) is 16.3 Å². The molecule has 1 fully saturated rings. The van der Waals surface area contributed by atoms with Crippen molar-refractivity contribution in [1.82, 2.24) is 9.88 Å².